The number of fused-ring (bicyclic) bond motifs is 3. The fraction of sp³-hybridized carbons (Fsp3) is 0.632. The lowest BCUT2D eigenvalue weighted by molar-refractivity contribution is 0.0174. The van der Waals surface area contributed by atoms with Crippen molar-refractivity contribution >= 4 is 5.96 Å². The third-order valence-electron chi connectivity index (χ3n) is 4.85. The highest BCUT2D eigenvalue weighted by Gasteiger charge is 2.31. The summed E-state index contributed by atoms with van der Waals surface area (Å²) in [5.74, 6) is 0.892. The molecule has 0 aliphatic carbocycles. The zero-order chi connectivity index (χ0) is 17.3. The molecule has 6 nitrogen and oxygen atoms in total. The molecule has 25 heavy (non-hydrogen) atoms. The predicted molar refractivity (Wildman–Crippen MR) is 102 cm³/mol. The fourth-order valence-corrected chi connectivity index (χ4v) is 3.44. The minimum atomic E-state index is 0.562. The molecular weight excluding hydrogens is 314 g/mol. The highest BCUT2D eigenvalue weighted by Crippen LogP contribution is 2.15. The lowest BCUT2D eigenvalue weighted by atomic mass is 10.1. The number of ether oxygens (including phenoxy) is 1. The summed E-state index contributed by atoms with van der Waals surface area (Å²) in [6.07, 6.45) is 0. The summed E-state index contributed by atoms with van der Waals surface area (Å²) in [4.78, 5) is 9.92. The summed E-state index contributed by atoms with van der Waals surface area (Å²) < 4.78 is 5.72. The molecule has 3 aliphatic heterocycles. The zero-order valence-corrected chi connectivity index (χ0v) is 15.3. The number of nitrogens with zero attached hydrogens (tertiary/aromatic N) is 3. The Hall–Kier alpha value is -1.63. The number of aliphatic imine (C=N–C) groups is 1. The van der Waals surface area contributed by atoms with E-state index >= 15 is 0 Å². The molecule has 3 heterocycles. The van der Waals surface area contributed by atoms with Gasteiger partial charge in [0.25, 0.3) is 0 Å². The van der Waals surface area contributed by atoms with Crippen molar-refractivity contribution in [3.8, 4) is 0 Å². The summed E-state index contributed by atoms with van der Waals surface area (Å²) in [5, 5.41) is 6.70. The Bertz CT molecular complexity index is 528. The second-order valence-corrected chi connectivity index (χ2v) is 6.67. The van der Waals surface area contributed by atoms with E-state index in [0.29, 0.717) is 19.3 Å². The normalized spacial score (nSPS) is 25.8. The van der Waals surface area contributed by atoms with Gasteiger partial charge < -0.3 is 15.4 Å². The number of hydrogen-bond donors (Lipinski definition) is 2. The van der Waals surface area contributed by atoms with Gasteiger partial charge >= 0.3 is 0 Å². The monoisotopic (exact) mass is 345 g/mol. The number of nitrogens with one attached hydrogen (secondary N) is 2. The molecule has 0 radical (unpaired) electrons. The zero-order valence-electron chi connectivity index (χ0n) is 15.3. The largest absolute Gasteiger partial charge is 0.375 e. The predicted octanol–water partition coefficient (Wildman–Crippen LogP) is 0.758. The van der Waals surface area contributed by atoms with E-state index in [1.54, 1.807) is 0 Å². The molecule has 0 spiro atoms. The molecule has 0 saturated carbocycles. The van der Waals surface area contributed by atoms with E-state index in [1.807, 2.05) is 18.2 Å². The van der Waals surface area contributed by atoms with Crippen LogP contribution in [0.1, 0.15) is 12.5 Å². The second-order valence-electron chi connectivity index (χ2n) is 6.67. The van der Waals surface area contributed by atoms with Crippen molar-refractivity contribution in [3.63, 3.8) is 0 Å². The van der Waals surface area contributed by atoms with Crippen molar-refractivity contribution < 1.29 is 4.74 Å². The van der Waals surface area contributed by atoms with E-state index in [1.165, 1.54) is 31.7 Å². The Morgan fingerprint density at radius 3 is 2.64 bits per heavy atom. The van der Waals surface area contributed by atoms with Crippen molar-refractivity contribution in [2.24, 2.45) is 4.99 Å². The van der Waals surface area contributed by atoms with Crippen molar-refractivity contribution in [3.05, 3.63) is 35.9 Å². The van der Waals surface area contributed by atoms with E-state index in [9.17, 15) is 0 Å². The highest BCUT2D eigenvalue weighted by atomic mass is 16.5. The van der Waals surface area contributed by atoms with Crippen LogP contribution in [-0.2, 0) is 11.3 Å². The third kappa shape index (κ3) is 5.70. The van der Waals surface area contributed by atoms with E-state index < -0.39 is 0 Å². The van der Waals surface area contributed by atoms with Gasteiger partial charge in [0.05, 0.1) is 19.8 Å². The number of benzene rings is 1. The van der Waals surface area contributed by atoms with Crippen LogP contribution in [0.5, 0.6) is 0 Å². The molecule has 3 fully saturated rings. The second kappa shape index (κ2) is 9.75. The van der Waals surface area contributed by atoms with Crippen LogP contribution in [0.25, 0.3) is 0 Å². The Morgan fingerprint density at radius 2 is 1.96 bits per heavy atom. The molecule has 138 valence electrons. The molecule has 3 aliphatic rings. The van der Waals surface area contributed by atoms with Crippen LogP contribution < -0.4 is 10.6 Å². The van der Waals surface area contributed by atoms with Crippen LogP contribution in [-0.4, -0.2) is 80.8 Å². The first kappa shape index (κ1) is 18.2. The van der Waals surface area contributed by atoms with Crippen molar-refractivity contribution in [2.45, 2.75) is 19.6 Å². The first-order valence-electron chi connectivity index (χ1n) is 9.45. The van der Waals surface area contributed by atoms with Gasteiger partial charge in [-0.1, -0.05) is 30.3 Å². The van der Waals surface area contributed by atoms with Crippen LogP contribution in [0.4, 0.5) is 0 Å². The number of hydrogen-bond acceptors (Lipinski definition) is 4. The lowest BCUT2D eigenvalue weighted by Gasteiger charge is -2.47. The number of guanidine groups is 1. The molecule has 0 amide bonds. The molecule has 1 unspecified atom stereocenters. The summed E-state index contributed by atoms with van der Waals surface area (Å²) >= 11 is 0. The van der Waals surface area contributed by atoms with Crippen LogP contribution >= 0.6 is 0 Å². The average molecular weight is 345 g/mol. The van der Waals surface area contributed by atoms with Gasteiger partial charge in [0, 0.05) is 51.9 Å². The first-order chi connectivity index (χ1) is 12.3. The Labute approximate surface area is 151 Å². The number of rotatable bonds is 8. The SMILES string of the molecule is CCNC(=NCC1CN2CCN1CC2)NCCOCc1ccccc1. The molecule has 2 N–H and O–H groups in total. The molecule has 1 atom stereocenters. The fourth-order valence-electron chi connectivity index (χ4n) is 3.44. The van der Waals surface area contributed by atoms with E-state index in [-0.39, 0.29) is 0 Å². The van der Waals surface area contributed by atoms with E-state index in [2.05, 4.69) is 39.5 Å². The molecular formula is C19H31N5O. The van der Waals surface area contributed by atoms with Gasteiger partial charge in [0.15, 0.2) is 5.96 Å². The third-order valence-corrected chi connectivity index (χ3v) is 4.85. The lowest BCUT2D eigenvalue weighted by Crippen LogP contribution is -2.62. The highest BCUT2D eigenvalue weighted by molar-refractivity contribution is 5.79. The quantitative estimate of drug-likeness (QED) is 0.414. The molecule has 1 aromatic rings. The average Bonchev–Trinajstić information content (AvgIpc) is 2.67. The van der Waals surface area contributed by atoms with Gasteiger partial charge in [0.1, 0.15) is 0 Å². The molecule has 1 aromatic carbocycles. The summed E-state index contributed by atoms with van der Waals surface area (Å²) in [6.45, 7) is 11.9. The van der Waals surface area contributed by atoms with Gasteiger partial charge in [-0.3, -0.25) is 14.8 Å². The maximum atomic E-state index is 5.72. The molecule has 6 heteroatoms. The Morgan fingerprint density at radius 1 is 1.16 bits per heavy atom. The molecule has 0 aromatic heterocycles. The van der Waals surface area contributed by atoms with Crippen LogP contribution in [0.2, 0.25) is 0 Å². The summed E-state index contributed by atoms with van der Waals surface area (Å²) in [7, 11) is 0. The van der Waals surface area contributed by atoms with Gasteiger partial charge in [0.2, 0.25) is 0 Å². The Kier molecular flexibility index (Phi) is 7.09. The van der Waals surface area contributed by atoms with Gasteiger partial charge in [-0.2, -0.15) is 0 Å². The maximum Gasteiger partial charge on any atom is 0.191 e. The standard InChI is InChI=1S/C19H31N5O/c1-2-20-19(21-8-13-25-16-17-6-4-3-5-7-17)22-14-18-15-23-9-11-24(18)12-10-23/h3-7,18H,2,8-16H2,1H3,(H2,20,21,22). The van der Waals surface area contributed by atoms with E-state index in [0.717, 1.165) is 32.1 Å². The minimum absolute atomic E-state index is 0.562. The van der Waals surface area contributed by atoms with Crippen LogP contribution in [0, 0.1) is 0 Å². The van der Waals surface area contributed by atoms with E-state index in [4.69, 9.17) is 9.73 Å². The summed E-state index contributed by atoms with van der Waals surface area (Å²) in [5.41, 5.74) is 1.21. The van der Waals surface area contributed by atoms with Gasteiger partial charge in [-0.05, 0) is 12.5 Å². The van der Waals surface area contributed by atoms with Crippen molar-refractivity contribution in [1.82, 2.24) is 20.4 Å². The summed E-state index contributed by atoms with van der Waals surface area (Å²) in [6, 6.07) is 10.8. The van der Waals surface area contributed by atoms with Gasteiger partial charge in [-0.25, -0.2) is 0 Å². The van der Waals surface area contributed by atoms with Crippen LogP contribution in [0.15, 0.2) is 35.3 Å². The minimum Gasteiger partial charge on any atom is -0.375 e. The molecule has 2 bridgehead atoms. The van der Waals surface area contributed by atoms with Crippen molar-refractivity contribution in [1.29, 1.82) is 0 Å². The topological polar surface area (TPSA) is 52.1 Å². The Balaban J connectivity index is 1.37. The first-order valence-corrected chi connectivity index (χ1v) is 9.45. The molecule has 3 saturated heterocycles. The number of piperazine rings is 3. The van der Waals surface area contributed by atoms with Crippen molar-refractivity contribution in [2.75, 3.05) is 59.0 Å². The smallest absolute Gasteiger partial charge is 0.191 e. The van der Waals surface area contributed by atoms with Crippen LogP contribution in [0.3, 0.4) is 0 Å². The maximum absolute atomic E-state index is 5.72. The molecule has 4 rings (SSSR count). The van der Waals surface area contributed by atoms with Gasteiger partial charge in [-0.15, -0.1) is 0 Å².